The Balaban J connectivity index is 0.000000108. The standard InChI is InChI=1S/C16H10N2O2S.C14H9NO2S.C13H8O2S2.C12H8N2O2S.C12H7NO2S2.C11H7N3O2S.C11H6N2O2S2.C9H6O3/c19-15-9-14(10-5-1-4-8-13(10)20-15)21-16-17-11-6-2-3-7-12(11)18-16;16-14-9-12(18-13-7-3-4-8-15-13)10-5-1-2-6-11(10)17-14;14-12-8-11(17-13-6-3-7-16-13)9-4-1-2-5-10(9)15-12;15-11-7-10(17-12-13-5-6-14-12)8-3-1-2-4-9(8)16-11;14-11-7-10(17-12-13-5-6-16-12)8-3-1-2-4-9(8)15-11;15-10-5-9(17-11-12-6-13-14-11)7-3-1-2-4-8(7)16-10;14-10-5-9(17-11-13-12-6-16-11)7-3-1-2-4-8(7)15-10;10-7-5-9(11)12-8-4-2-1-3-6(7)8/h1-9H,(H,17,18);1-9H;1-8H;1-7H,(H,13,14);1-7H;1-6H,(H,12,13,14);1-6H;1-5,10H. The summed E-state index contributed by atoms with van der Waals surface area (Å²) in [7, 11) is 0. The minimum Gasteiger partial charge on any atom is -0.507 e. The van der Waals surface area contributed by atoms with E-state index in [4.69, 9.17) is 35.3 Å². The number of nitrogens with one attached hydrogen (secondary N) is 3. The molecule has 136 heavy (non-hydrogen) atoms. The number of aromatic hydroxyl groups is 1. The van der Waals surface area contributed by atoms with Crippen molar-refractivity contribution >= 4 is 215 Å². The first-order chi connectivity index (χ1) is 66.5. The molecule has 9 aromatic carbocycles. The van der Waals surface area contributed by atoms with Crippen molar-refractivity contribution in [3.8, 4) is 5.75 Å². The zero-order valence-corrected chi connectivity index (χ0v) is 77.7. The number of thiophene rings is 1. The van der Waals surface area contributed by atoms with E-state index in [1.807, 2.05) is 199 Å². The molecule has 28 nitrogen and oxygen atoms in total. The summed E-state index contributed by atoms with van der Waals surface area (Å²) in [6, 6.07) is 88.3. The molecule has 0 unspecified atom stereocenters. The summed E-state index contributed by atoms with van der Waals surface area (Å²) in [5.41, 5.74) is 5.21. The van der Waals surface area contributed by atoms with Crippen LogP contribution in [0.4, 0.5) is 0 Å². The van der Waals surface area contributed by atoms with Gasteiger partial charge in [0.1, 0.15) is 67.3 Å². The van der Waals surface area contributed by atoms with Crippen molar-refractivity contribution in [3.63, 3.8) is 0 Å². The predicted molar refractivity (Wildman–Crippen MR) is 532 cm³/mol. The fourth-order valence-electron chi connectivity index (χ4n) is 12.7. The van der Waals surface area contributed by atoms with E-state index in [0.29, 0.717) is 55.2 Å². The van der Waals surface area contributed by atoms with Gasteiger partial charge in [0.05, 0.1) is 26.7 Å². The molecular formula is C98H61N11O17S10. The molecule has 15 aromatic heterocycles. The van der Waals surface area contributed by atoms with Crippen molar-refractivity contribution in [2.24, 2.45) is 0 Å². The van der Waals surface area contributed by atoms with Crippen LogP contribution in [-0.4, -0.2) is 60.4 Å². The van der Waals surface area contributed by atoms with Crippen molar-refractivity contribution < 1.29 is 40.4 Å². The van der Waals surface area contributed by atoms with Gasteiger partial charge in [0.15, 0.2) is 24.1 Å². The monoisotopic (exact) mass is 1980 g/mol. The second kappa shape index (κ2) is 45.0. The van der Waals surface area contributed by atoms with Crippen LogP contribution in [0.2, 0.25) is 0 Å². The van der Waals surface area contributed by atoms with Crippen LogP contribution >= 0.6 is 116 Å². The zero-order chi connectivity index (χ0) is 93.5. The number of thiazole rings is 1. The van der Waals surface area contributed by atoms with Gasteiger partial charge in [-0.05, 0) is 102 Å². The normalized spacial score (nSPS) is 10.8. The van der Waals surface area contributed by atoms with Gasteiger partial charge in [-0.15, -0.1) is 32.9 Å². The summed E-state index contributed by atoms with van der Waals surface area (Å²) >= 11 is 14.8. The molecule has 0 aliphatic carbocycles. The molecular weight excluding hydrogens is 1920 g/mol. The lowest BCUT2D eigenvalue weighted by molar-refractivity contribution is 0.468. The first-order valence-corrected chi connectivity index (χ1v) is 48.5. The van der Waals surface area contributed by atoms with Crippen LogP contribution in [-0.2, 0) is 0 Å². The number of hydrogen-bond acceptors (Lipinski definition) is 35. The first kappa shape index (κ1) is 92.6. The van der Waals surface area contributed by atoms with Gasteiger partial charge in [0.2, 0.25) is 0 Å². The number of pyridine rings is 1. The zero-order valence-electron chi connectivity index (χ0n) is 69.5. The molecule has 0 bridgehead atoms. The second-order valence-corrected chi connectivity index (χ2v) is 38.2. The van der Waals surface area contributed by atoms with Crippen LogP contribution in [0.25, 0.3) is 98.8 Å². The Kier molecular flexibility index (Phi) is 30.6. The molecule has 24 rings (SSSR count). The summed E-state index contributed by atoms with van der Waals surface area (Å²) in [5.74, 6) is -0.0400. The summed E-state index contributed by atoms with van der Waals surface area (Å²) in [6.45, 7) is 0. The average molecular weight is 1990 g/mol. The van der Waals surface area contributed by atoms with Gasteiger partial charge in [0.25, 0.3) is 0 Å². The van der Waals surface area contributed by atoms with Crippen molar-refractivity contribution in [2.75, 3.05) is 0 Å². The Labute approximate surface area is 805 Å². The fourth-order valence-corrected chi connectivity index (χ4v) is 21.5. The van der Waals surface area contributed by atoms with E-state index in [1.54, 1.807) is 131 Å². The van der Waals surface area contributed by atoms with Gasteiger partial charge >= 0.3 is 45.0 Å². The fraction of sp³-hybridized carbons (Fsp3) is 0. The maximum Gasteiger partial charge on any atom is 0.339 e. The Bertz CT molecular complexity index is 8010. The number of para-hydroxylation sites is 10. The molecule has 4 N–H and O–H groups in total. The molecule has 0 fully saturated rings. The van der Waals surface area contributed by atoms with Gasteiger partial charge < -0.3 is 50.4 Å². The number of nitrogens with zero attached hydrogens (tertiary/aromatic N) is 8. The van der Waals surface area contributed by atoms with Gasteiger partial charge in [-0.3, -0.25) is 5.10 Å². The van der Waals surface area contributed by atoms with Crippen LogP contribution in [0.1, 0.15) is 0 Å². The summed E-state index contributed by atoms with van der Waals surface area (Å²) < 4.78 is 43.7. The highest BCUT2D eigenvalue weighted by Gasteiger charge is 2.17. The Morgan fingerprint density at radius 1 is 0.301 bits per heavy atom. The van der Waals surface area contributed by atoms with Crippen LogP contribution < -0.4 is 45.0 Å². The molecule has 15 heterocycles. The highest BCUT2D eigenvalue weighted by Crippen LogP contribution is 2.40. The third kappa shape index (κ3) is 24.6. The van der Waals surface area contributed by atoms with Gasteiger partial charge in [-0.1, -0.05) is 246 Å². The molecule has 0 amide bonds. The molecule has 0 aliphatic rings. The number of imidazole rings is 2. The smallest absolute Gasteiger partial charge is 0.339 e. The molecule has 670 valence electrons. The molecule has 0 radical (unpaired) electrons. The number of rotatable bonds is 14. The lowest BCUT2D eigenvalue weighted by atomic mass is 10.2. The van der Waals surface area contributed by atoms with E-state index >= 15 is 0 Å². The summed E-state index contributed by atoms with van der Waals surface area (Å²) in [6.07, 6.45) is 8.33. The molecule has 0 atom stereocenters. The average Bonchev–Trinajstić information content (AvgIpc) is 1.76. The van der Waals surface area contributed by atoms with E-state index < -0.39 is 5.63 Å². The molecule has 0 aliphatic heterocycles. The minimum absolute atomic E-state index is 0.0400. The van der Waals surface area contributed by atoms with Crippen LogP contribution in [0.15, 0.2) is 486 Å². The third-order valence-electron chi connectivity index (χ3n) is 18.5. The maximum absolute atomic E-state index is 11.7. The first-order valence-electron chi connectivity index (χ1n) is 40.1. The topological polar surface area (TPSA) is 412 Å². The van der Waals surface area contributed by atoms with Crippen LogP contribution in [0.5, 0.6) is 5.75 Å². The van der Waals surface area contributed by atoms with Gasteiger partial charge in [0, 0.05) is 145 Å². The molecule has 0 saturated carbocycles. The van der Waals surface area contributed by atoms with E-state index in [0.717, 1.165) is 113 Å². The van der Waals surface area contributed by atoms with Crippen molar-refractivity contribution in [3.05, 3.63) is 428 Å². The van der Waals surface area contributed by atoms with E-state index in [-0.39, 0.29) is 45.1 Å². The number of benzene rings is 9. The number of aromatic nitrogens is 11. The Morgan fingerprint density at radius 2 is 0.691 bits per heavy atom. The SMILES string of the molecule is O=c1cc(O)c2ccccc2o1.O=c1cc(Sc2ccccn2)c2ccccc2o1.O=c1cc(Sc2cccs2)c2ccccc2o1.O=c1cc(Sc2nc3ccccc3[nH]2)c2ccccc2o1.O=c1cc(Sc2ncc[nH]2)c2ccccc2o1.O=c1cc(Sc2nccs2)c2ccccc2o1.O=c1cc(Sc2ncn[nH]2)c2ccccc2o1.O=c1cc(Sc2nncs2)c2ccccc2o1. The highest BCUT2D eigenvalue weighted by atomic mass is 32.2. The maximum atomic E-state index is 11.7. The number of hydrogen-bond donors (Lipinski definition) is 4. The van der Waals surface area contributed by atoms with Gasteiger partial charge in [-0.25, -0.2) is 63.3 Å². The summed E-state index contributed by atoms with van der Waals surface area (Å²) in [5, 5.41) is 37.4. The lowest BCUT2D eigenvalue weighted by Crippen LogP contribution is -1.97. The third-order valence-corrected chi connectivity index (χ3v) is 28.2. The number of H-pyrrole nitrogens is 3. The Morgan fingerprint density at radius 3 is 1.08 bits per heavy atom. The van der Waals surface area contributed by atoms with E-state index in [1.165, 1.54) is 129 Å². The van der Waals surface area contributed by atoms with Crippen LogP contribution in [0.3, 0.4) is 0 Å². The van der Waals surface area contributed by atoms with Gasteiger partial charge in [-0.2, -0.15) is 5.10 Å². The second-order valence-electron chi connectivity index (χ2n) is 27.5. The molecule has 0 saturated heterocycles. The Hall–Kier alpha value is -15.2. The number of fused-ring (bicyclic) bond motifs is 9. The predicted octanol–water partition coefficient (Wildman–Crippen LogP) is 23.6. The quantitative estimate of drug-likeness (QED) is 0.0735. The van der Waals surface area contributed by atoms with Crippen molar-refractivity contribution in [2.45, 2.75) is 67.7 Å². The summed E-state index contributed by atoms with van der Waals surface area (Å²) in [4.78, 5) is 124. The molecule has 0 spiro atoms. The van der Waals surface area contributed by atoms with E-state index in [2.05, 4.69) is 55.3 Å². The van der Waals surface area contributed by atoms with Crippen LogP contribution in [0, 0.1) is 0 Å². The number of aromatic amines is 3. The largest absolute Gasteiger partial charge is 0.507 e. The van der Waals surface area contributed by atoms with Crippen molar-refractivity contribution in [1.82, 2.24) is 55.3 Å². The highest BCUT2D eigenvalue weighted by molar-refractivity contribution is 8.02. The minimum atomic E-state index is -0.536. The lowest BCUT2D eigenvalue weighted by Gasteiger charge is -2.03. The molecule has 38 heteroatoms. The van der Waals surface area contributed by atoms with E-state index in [9.17, 15) is 43.5 Å². The molecule has 24 aromatic rings. The van der Waals surface area contributed by atoms with Crippen molar-refractivity contribution in [1.29, 1.82) is 0 Å².